The summed E-state index contributed by atoms with van der Waals surface area (Å²) in [6.07, 6.45) is 5.20. The fraction of sp³-hybridized carbons (Fsp3) is 0.647. The predicted molar refractivity (Wildman–Crippen MR) is 81.9 cm³/mol. The molecule has 1 aromatic rings. The van der Waals surface area contributed by atoms with E-state index in [4.69, 9.17) is 9.47 Å². The highest BCUT2D eigenvalue weighted by molar-refractivity contribution is 5.89. The number of rotatable bonds is 4. The lowest BCUT2D eigenvalue weighted by molar-refractivity contribution is -0.188. The van der Waals surface area contributed by atoms with Crippen LogP contribution in [0.3, 0.4) is 0 Å². The molecule has 1 heterocycles. The average molecular weight is 305 g/mol. The fourth-order valence-corrected chi connectivity index (χ4v) is 3.91. The van der Waals surface area contributed by atoms with E-state index in [0.717, 1.165) is 37.8 Å². The number of aromatic amines is 1. The molecular weight excluding hydrogens is 282 g/mol. The van der Waals surface area contributed by atoms with E-state index in [1.54, 1.807) is 13.0 Å². The molecule has 2 aliphatic rings. The number of pyridine rings is 1. The molecule has 3 rings (SSSR count). The zero-order valence-electron chi connectivity index (χ0n) is 13.2. The summed E-state index contributed by atoms with van der Waals surface area (Å²) >= 11 is 0. The molecule has 0 bridgehead atoms. The van der Waals surface area contributed by atoms with Gasteiger partial charge in [0.1, 0.15) is 11.7 Å². The number of nitrogens with one attached hydrogen (secondary N) is 1. The molecule has 0 amide bonds. The maximum atomic E-state index is 12.3. The number of carbonyl (C=O) groups excluding carboxylic acids is 1. The van der Waals surface area contributed by atoms with Crippen LogP contribution < -0.4 is 5.56 Å². The van der Waals surface area contributed by atoms with Crippen LogP contribution in [-0.2, 0) is 9.47 Å². The van der Waals surface area contributed by atoms with Crippen LogP contribution in [0, 0.1) is 12.3 Å². The minimum absolute atomic E-state index is 0.0247. The van der Waals surface area contributed by atoms with Crippen LogP contribution >= 0.6 is 0 Å². The second kappa shape index (κ2) is 5.88. The van der Waals surface area contributed by atoms with Crippen LogP contribution in [0.25, 0.3) is 0 Å². The van der Waals surface area contributed by atoms with Crippen molar-refractivity contribution in [2.75, 3.05) is 6.61 Å². The Bertz CT molecular complexity index is 615. The van der Waals surface area contributed by atoms with Gasteiger partial charge in [0.25, 0.3) is 5.56 Å². The van der Waals surface area contributed by atoms with E-state index in [1.165, 1.54) is 6.07 Å². The van der Waals surface area contributed by atoms with Crippen molar-refractivity contribution in [3.05, 3.63) is 33.7 Å². The van der Waals surface area contributed by atoms with Crippen molar-refractivity contribution in [2.24, 2.45) is 5.41 Å². The van der Waals surface area contributed by atoms with Crippen LogP contribution in [-0.4, -0.2) is 29.8 Å². The summed E-state index contributed by atoms with van der Waals surface area (Å²) < 4.78 is 11.5. The van der Waals surface area contributed by atoms with Gasteiger partial charge in [-0.05, 0) is 38.8 Å². The van der Waals surface area contributed by atoms with Gasteiger partial charge in [-0.3, -0.25) is 4.79 Å². The lowest BCUT2D eigenvalue weighted by Crippen LogP contribution is -2.58. The van der Waals surface area contributed by atoms with Crippen molar-refractivity contribution in [3.8, 4) is 0 Å². The van der Waals surface area contributed by atoms with Crippen LogP contribution in [0.15, 0.2) is 16.9 Å². The van der Waals surface area contributed by atoms with Gasteiger partial charge in [0, 0.05) is 24.1 Å². The molecule has 2 fully saturated rings. The number of esters is 1. The lowest BCUT2D eigenvalue weighted by atomic mass is 9.62. The molecule has 2 aliphatic carbocycles. The van der Waals surface area contributed by atoms with Gasteiger partial charge in [0.2, 0.25) is 0 Å². The molecule has 5 nitrogen and oxygen atoms in total. The van der Waals surface area contributed by atoms with Crippen molar-refractivity contribution >= 4 is 5.97 Å². The van der Waals surface area contributed by atoms with Gasteiger partial charge in [-0.15, -0.1) is 0 Å². The first kappa shape index (κ1) is 15.3. The molecule has 22 heavy (non-hydrogen) atoms. The minimum Gasteiger partial charge on any atom is -0.458 e. The average Bonchev–Trinajstić information content (AvgIpc) is 2.98. The highest BCUT2D eigenvalue weighted by Crippen LogP contribution is 2.56. The highest BCUT2D eigenvalue weighted by atomic mass is 16.6. The van der Waals surface area contributed by atoms with Crippen molar-refractivity contribution in [2.45, 2.75) is 58.2 Å². The van der Waals surface area contributed by atoms with Gasteiger partial charge in [0.15, 0.2) is 0 Å². The van der Waals surface area contributed by atoms with E-state index < -0.39 is 5.97 Å². The Morgan fingerprint density at radius 3 is 2.68 bits per heavy atom. The Labute approximate surface area is 130 Å². The third-order valence-corrected chi connectivity index (χ3v) is 5.14. The van der Waals surface area contributed by atoms with E-state index in [0.29, 0.717) is 6.61 Å². The summed E-state index contributed by atoms with van der Waals surface area (Å²) in [5.74, 6) is -0.521. The summed E-state index contributed by atoms with van der Waals surface area (Å²) in [7, 11) is 0. The second-order valence-corrected chi connectivity index (χ2v) is 6.40. The van der Waals surface area contributed by atoms with E-state index in [1.807, 2.05) is 6.92 Å². The molecule has 120 valence electrons. The third-order valence-electron chi connectivity index (χ3n) is 5.14. The summed E-state index contributed by atoms with van der Waals surface area (Å²) in [5, 5.41) is 0. The monoisotopic (exact) mass is 305 g/mol. The maximum Gasteiger partial charge on any atom is 0.344 e. The summed E-state index contributed by atoms with van der Waals surface area (Å²) in [6.45, 7) is 4.46. The van der Waals surface area contributed by atoms with Gasteiger partial charge in [-0.1, -0.05) is 12.8 Å². The molecule has 0 aromatic carbocycles. The van der Waals surface area contributed by atoms with Crippen molar-refractivity contribution in [1.82, 2.24) is 4.98 Å². The molecule has 0 radical (unpaired) electrons. The third kappa shape index (κ3) is 2.47. The molecule has 0 aliphatic heterocycles. The van der Waals surface area contributed by atoms with E-state index in [2.05, 4.69) is 4.98 Å². The van der Waals surface area contributed by atoms with E-state index >= 15 is 0 Å². The Morgan fingerprint density at radius 1 is 1.32 bits per heavy atom. The Hall–Kier alpha value is -1.62. The zero-order valence-corrected chi connectivity index (χ0v) is 13.2. The first-order valence-corrected chi connectivity index (χ1v) is 8.09. The largest absolute Gasteiger partial charge is 0.458 e. The molecule has 1 N–H and O–H groups in total. The first-order chi connectivity index (χ1) is 10.6. The first-order valence-electron chi connectivity index (χ1n) is 8.09. The summed E-state index contributed by atoms with van der Waals surface area (Å²) in [4.78, 5) is 26.8. The normalized spacial score (nSPS) is 25.9. The molecular formula is C17H23NO4. The standard InChI is InChI=1S/C17H23NO4/c1-3-21-13-10-14(17(13)8-4-5-9-17)22-16(20)12-7-6-11(2)18-15(12)19/h6-7,13-14H,3-5,8-10H2,1-2H3,(H,18,19)/t13-,14-/m1/s1. The molecule has 1 spiro atoms. The summed E-state index contributed by atoms with van der Waals surface area (Å²) in [5.41, 5.74) is 0.405. The zero-order chi connectivity index (χ0) is 15.7. The summed E-state index contributed by atoms with van der Waals surface area (Å²) in [6, 6.07) is 3.25. The smallest absolute Gasteiger partial charge is 0.344 e. The van der Waals surface area contributed by atoms with Crippen LogP contribution in [0.1, 0.15) is 55.1 Å². The number of H-pyrrole nitrogens is 1. The van der Waals surface area contributed by atoms with Crippen LogP contribution in [0.4, 0.5) is 0 Å². The van der Waals surface area contributed by atoms with Gasteiger partial charge < -0.3 is 14.5 Å². The quantitative estimate of drug-likeness (QED) is 0.868. The molecule has 0 saturated heterocycles. The Kier molecular flexibility index (Phi) is 4.08. The van der Waals surface area contributed by atoms with Crippen molar-refractivity contribution in [3.63, 3.8) is 0 Å². The van der Waals surface area contributed by atoms with Crippen LogP contribution in [0.2, 0.25) is 0 Å². The number of hydrogen-bond donors (Lipinski definition) is 1. The van der Waals surface area contributed by atoms with E-state index in [-0.39, 0.29) is 28.7 Å². The predicted octanol–water partition coefficient (Wildman–Crippen LogP) is 2.58. The number of hydrogen-bond acceptors (Lipinski definition) is 4. The minimum atomic E-state index is -0.521. The van der Waals surface area contributed by atoms with Gasteiger partial charge in [-0.2, -0.15) is 0 Å². The number of aromatic nitrogens is 1. The maximum absolute atomic E-state index is 12.3. The topological polar surface area (TPSA) is 68.4 Å². The van der Waals surface area contributed by atoms with Crippen molar-refractivity contribution in [1.29, 1.82) is 0 Å². The lowest BCUT2D eigenvalue weighted by Gasteiger charge is -2.52. The number of aryl methyl sites for hydroxylation is 1. The van der Waals surface area contributed by atoms with E-state index in [9.17, 15) is 9.59 Å². The molecule has 0 unspecified atom stereocenters. The molecule has 5 heteroatoms. The van der Waals surface area contributed by atoms with Crippen molar-refractivity contribution < 1.29 is 14.3 Å². The molecule has 2 saturated carbocycles. The van der Waals surface area contributed by atoms with Gasteiger partial charge >= 0.3 is 5.97 Å². The van der Waals surface area contributed by atoms with Gasteiger partial charge in [-0.25, -0.2) is 4.79 Å². The van der Waals surface area contributed by atoms with Crippen LogP contribution in [0.5, 0.6) is 0 Å². The Balaban J connectivity index is 1.73. The Morgan fingerprint density at radius 2 is 2.05 bits per heavy atom. The SMILES string of the molecule is CCO[C@@H]1C[C@@H](OC(=O)c2ccc(C)[nH]c2=O)C12CCCC2. The highest BCUT2D eigenvalue weighted by Gasteiger charge is 2.58. The fourth-order valence-electron chi connectivity index (χ4n) is 3.91. The molecule has 1 aromatic heterocycles. The number of ether oxygens (including phenoxy) is 2. The number of carbonyl (C=O) groups is 1. The second-order valence-electron chi connectivity index (χ2n) is 6.40. The molecule has 2 atom stereocenters. The van der Waals surface area contributed by atoms with Gasteiger partial charge in [0.05, 0.1) is 6.10 Å².